The zero-order valence-corrected chi connectivity index (χ0v) is 14.5. The first-order valence-corrected chi connectivity index (χ1v) is 9.45. The fourth-order valence-electron chi connectivity index (χ4n) is 2.91. The topological polar surface area (TPSA) is 37.3 Å². The van der Waals surface area contributed by atoms with E-state index in [2.05, 4.69) is 13.8 Å². The Kier molecular flexibility index (Phi) is 15.5. The van der Waals surface area contributed by atoms with Gasteiger partial charge in [-0.15, -0.1) is 0 Å². The lowest BCUT2D eigenvalue weighted by molar-refractivity contribution is -0.142. The van der Waals surface area contributed by atoms with Crippen LogP contribution in [0.15, 0.2) is 0 Å². The Balaban J connectivity index is 3.52. The van der Waals surface area contributed by atoms with Gasteiger partial charge < -0.3 is 5.11 Å². The van der Waals surface area contributed by atoms with E-state index in [0.29, 0.717) is 0 Å². The first kappa shape index (κ1) is 20.5. The summed E-state index contributed by atoms with van der Waals surface area (Å²) in [5, 5.41) is 9.29. The number of carboxylic acids is 1. The lowest BCUT2D eigenvalue weighted by atomic mass is 9.94. The SMILES string of the molecule is CCCCCCCCCC(CCCCCCCC)C(=O)O. The molecule has 0 aliphatic heterocycles. The number of carbonyl (C=O) groups is 1. The summed E-state index contributed by atoms with van der Waals surface area (Å²) in [7, 11) is 0. The second-order valence-corrected chi connectivity index (χ2v) is 6.50. The third kappa shape index (κ3) is 14.2. The first-order chi connectivity index (χ1) is 10.2. The van der Waals surface area contributed by atoms with Crippen LogP contribution in [0.25, 0.3) is 0 Å². The van der Waals surface area contributed by atoms with Gasteiger partial charge in [-0.2, -0.15) is 0 Å². The standard InChI is InChI=1S/C19H38O2/c1-3-5-7-9-11-13-15-17-18(19(20)21)16-14-12-10-8-6-4-2/h18H,3-17H2,1-2H3,(H,20,21). The molecule has 1 N–H and O–H groups in total. The molecule has 0 bridgehead atoms. The molecule has 0 aromatic carbocycles. The highest BCUT2D eigenvalue weighted by Crippen LogP contribution is 2.19. The summed E-state index contributed by atoms with van der Waals surface area (Å²) in [6.07, 6.45) is 18.1. The van der Waals surface area contributed by atoms with Gasteiger partial charge in [0.25, 0.3) is 0 Å². The Morgan fingerprint density at radius 3 is 1.33 bits per heavy atom. The second-order valence-electron chi connectivity index (χ2n) is 6.50. The van der Waals surface area contributed by atoms with Crippen LogP contribution >= 0.6 is 0 Å². The highest BCUT2D eigenvalue weighted by Gasteiger charge is 2.16. The van der Waals surface area contributed by atoms with Crippen LogP contribution < -0.4 is 0 Å². The van der Waals surface area contributed by atoms with E-state index < -0.39 is 5.97 Å². The van der Waals surface area contributed by atoms with Crippen molar-refractivity contribution in [1.82, 2.24) is 0 Å². The fraction of sp³-hybridized carbons (Fsp3) is 0.947. The molecule has 126 valence electrons. The van der Waals surface area contributed by atoms with Crippen molar-refractivity contribution >= 4 is 5.97 Å². The zero-order valence-electron chi connectivity index (χ0n) is 14.5. The molecule has 0 spiro atoms. The van der Waals surface area contributed by atoms with E-state index in [4.69, 9.17) is 0 Å². The summed E-state index contributed by atoms with van der Waals surface area (Å²) in [5.74, 6) is -0.665. The van der Waals surface area contributed by atoms with Crippen LogP contribution in [0.1, 0.15) is 110 Å². The average molecular weight is 299 g/mol. The maximum atomic E-state index is 11.3. The molecule has 0 amide bonds. The van der Waals surface area contributed by atoms with Gasteiger partial charge >= 0.3 is 5.97 Å². The summed E-state index contributed by atoms with van der Waals surface area (Å²) in [4.78, 5) is 11.3. The van der Waals surface area contributed by atoms with Crippen molar-refractivity contribution in [2.75, 3.05) is 0 Å². The number of unbranched alkanes of at least 4 members (excludes halogenated alkanes) is 11. The molecule has 0 aromatic heterocycles. The molecule has 0 saturated heterocycles. The van der Waals surface area contributed by atoms with Gasteiger partial charge in [-0.05, 0) is 12.8 Å². The number of hydrogen-bond acceptors (Lipinski definition) is 1. The second kappa shape index (κ2) is 15.9. The molecule has 0 aliphatic rings. The molecule has 0 radical (unpaired) electrons. The molecule has 0 aromatic rings. The van der Waals surface area contributed by atoms with Crippen molar-refractivity contribution in [3.63, 3.8) is 0 Å². The highest BCUT2D eigenvalue weighted by molar-refractivity contribution is 5.69. The monoisotopic (exact) mass is 298 g/mol. The molecule has 0 aliphatic carbocycles. The van der Waals surface area contributed by atoms with Gasteiger partial charge in [-0.3, -0.25) is 4.79 Å². The molecular formula is C19H38O2. The predicted octanol–water partition coefficient (Wildman–Crippen LogP) is 6.58. The molecule has 0 heterocycles. The fourth-order valence-corrected chi connectivity index (χ4v) is 2.91. The molecule has 0 saturated carbocycles. The van der Waals surface area contributed by atoms with E-state index in [1.54, 1.807) is 0 Å². The van der Waals surface area contributed by atoms with Crippen LogP contribution in [-0.2, 0) is 4.79 Å². The number of aliphatic carboxylic acids is 1. The number of carboxylic acid groups (broad SMARTS) is 1. The third-order valence-electron chi connectivity index (χ3n) is 4.41. The van der Waals surface area contributed by atoms with E-state index in [0.717, 1.165) is 25.7 Å². The van der Waals surface area contributed by atoms with Gasteiger partial charge in [0.05, 0.1) is 5.92 Å². The molecule has 2 nitrogen and oxygen atoms in total. The zero-order chi connectivity index (χ0) is 15.8. The number of rotatable bonds is 16. The summed E-state index contributed by atoms with van der Waals surface area (Å²) < 4.78 is 0. The quantitative estimate of drug-likeness (QED) is 0.327. The molecular weight excluding hydrogens is 260 g/mol. The summed E-state index contributed by atoms with van der Waals surface area (Å²) in [6.45, 7) is 4.46. The maximum absolute atomic E-state index is 11.3. The normalized spacial score (nSPS) is 12.5. The van der Waals surface area contributed by atoms with Crippen LogP contribution in [0, 0.1) is 5.92 Å². The van der Waals surface area contributed by atoms with E-state index in [1.165, 1.54) is 70.6 Å². The van der Waals surface area contributed by atoms with Crippen molar-refractivity contribution in [2.45, 2.75) is 110 Å². The highest BCUT2D eigenvalue weighted by atomic mass is 16.4. The lowest BCUT2D eigenvalue weighted by Gasteiger charge is -2.12. The van der Waals surface area contributed by atoms with Crippen molar-refractivity contribution < 1.29 is 9.90 Å². The van der Waals surface area contributed by atoms with Crippen LogP contribution in [0.2, 0.25) is 0 Å². The van der Waals surface area contributed by atoms with E-state index in [-0.39, 0.29) is 5.92 Å². The van der Waals surface area contributed by atoms with Crippen LogP contribution in [0.4, 0.5) is 0 Å². The Bertz CT molecular complexity index is 226. The van der Waals surface area contributed by atoms with E-state index in [1.807, 2.05) is 0 Å². The van der Waals surface area contributed by atoms with Crippen molar-refractivity contribution in [3.8, 4) is 0 Å². The smallest absolute Gasteiger partial charge is 0.306 e. The first-order valence-electron chi connectivity index (χ1n) is 9.45. The molecule has 1 atom stereocenters. The van der Waals surface area contributed by atoms with Crippen molar-refractivity contribution in [3.05, 3.63) is 0 Å². The Hall–Kier alpha value is -0.530. The number of hydrogen-bond donors (Lipinski definition) is 1. The molecule has 0 fully saturated rings. The molecule has 0 rings (SSSR count). The predicted molar refractivity (Wildman–Crippen MR) is 91.7 cm³/mol. The van der Waals surface area contributed by atoms with E-state index >= 15 is 0 Å². The van der Waals surface area contributed by atoms with Gasteiger partial charge in [0.15, 0.2) is 0 Å². The Labute approximate surface area is 132 Å². The van der Waals surface area contributed by atoms with Crippen LogP contribution in [0.5, 0.6) is 0 Å². The van der Waals surface area contributed by atoms with Gasteiger partial charge in [0.2, 0.25) is 0 Å². The summed E-state index contributed by atoms with van der Waals surface area (Å²) in [6, 6.07) is 0. The summed E-state index contributed by atoms with van der Waals surface area (Å²) >= 11 is 0. The third-order valence-corrected chi connectivity index (χ3v) is 4.41. The van der Waals surface area contributed by atoms with Gasteiger partial charge in [-0.1, -0.05) is 97.3 Å². The van der Waals surface area contributed by atoms with Gasteiger partial charge in [-0.25, -0.2) is 0 Å². The minimum Gasteiger partial charge on any atom is -0.481 e. The van der Waals surface area contributed by atoms with Crippen LogP contribution in [-0.4, -0.2) is 11.1 Å². The van der Waals surface area contributed by atoms with Crippen molar-refractivity contribution in [1.29, 1.82) is 0 Å². The minimum absolute atomic E-state index is 0.0909. The van der Waals surface area contributed by atoms with Crippen molar-refractivity contribution in [2.24, 2.45) is 5.92 Å². The molecule has 21 heavy (non-hydrogen) atoms. The van der Waals surface area contributed by atoms with Crippen LogP contribution in [0.3, 0.4) is 0 Å². The average Bonchev–Trinajstić information content (AvgIpc) is 2.47. The Morgan fingerprint density at radius 1 is 0.667 bits per heavy atom. The molecule has 2 heteroatoms. The maximum Gasteiger partial charge on any atom is 0.306 e. The Morgan fingerprint density at radius 2 is 1.00 bits per heavy atom. The largest absolute Gasteiger partial charge is 0.481 e. The summed E-state index contributed by atoms with van der Waals surface area (Å²) in [5.41, 5.74) is 0. The van der Waals surface area contributed by atoms with Gasteiger partial charge in [0, 0.05) is 0 Å². The molecule has 1 unspecified atom stereocenters. The minimum atomic E-state index is -0.574. The lowest BCUT2D eigenvalue weighted by Crippen LogP contribution is -2.13. The van der Waals surface area contributed by atoms with E-state index in [9.17, 15) is 9.90 Å². The van der Waals surface area contributed by atoms with Gasteiger partial charge in [0.1, 0.15) is 0 Å².